The van der Waals surface area contributed by atoms with Crippen LogP contribution in [0.2, 0.25) is 0 Å². The lowest BCUT2D eigenvalue weighted by molar-refractivity contribution is 0.0926. The molecular weight excluding hydrogens is 355 g/mol. The molecule has 1 aliphatic heterocycles. The Hall–Kier alpha value is -1.89. The van der Waals surface area contributed by atoms with E-state index in [2.05, 4.69) is 22.6 Å². The van der Waals surface area contributed by atoms with Crippen LogP contribution in [0.15, 0.2) is 42.5 Å². The van der Waals surface area contributed by atoms with Crippen LogP contribution >= 0.6 is 22.6 Å². The van der Waals surface area contributed by atoms with Crippen molar-refractivity contribution in [3.63, 3.8) is 0 Å². The van der Waals surface area contributed by atoms with Crippen molar-refractivity contribution < 1.29 is 9.59 Å². The van der Waals surface area contributed by atoms with Gasteiger partial charge in [-0.15, -0.1) is 0 Å². The average Bonchev–Trinajstić information content (AvgIpc) is 2.61. The largest absolute Gasteiger partial charge is 0.399 e. The van der Waals surface area contributed by atoms with Crippen LogP contribution < -0.4 is 10.6 Å². The smallest absolute Gasteiger partial charge is 0.266 e. The van der Waals surface area contributed by atoms with Crippen LogP contribution in [0, 0.1) is 3.57 Å². The fraction of sp³-hybridized carbons (Fsp3) is 0. The molecule has 94 valence electrons. The average molecular weight is 364 g/mol. The fourth-order valence-corrected chi connectivity index (χ4v) is 2.60. The zero-order chi connectivity index (χ0) is 13.6. The third kappa shape index (κ3) is 1.90. The molecule has 1 aliphatic rings. The van der Waals surface area contributed by atoms with Gasteiger partial charge in [-0.1, -0.05) is 6.07 Å². The molecule has 3 rings (SSSR count). The minimum absolute atomic E-state index is 0.302. The van der Waals surface area contributed by atoms with Crippen molar-refractivity contribution in [2.24, 2.45) is 0 Å². The highest BCUT2D eigenvalue weighted by molar-refractivity contribution is 14.1. The molecule has 0 atom stereocenters. The highest BCUT2D eigenvalue weighted by atomic mass is 127. The second kappa shape index (κ2) is 4.34. The molecule has 19 heavy (non-hydrogen) atoms. The molecule has 0 saturated heterocycles. The number of rotatable bonds is 1. The van der Waals surface area contributed by atoms with Gasteiger partial charge in [0.15, 0.2) is 0 Å². The molecule has 0 saturated carbocycles. The molecule has 0 fully saturated rings. The van der Waals surface area contributed by atoms with E-state index in [9.17, 15) is 9.59 Å². The van der Waals surface area contributed by atoms with Crippen molar-refractivity contribution in [1.29, 1.82) is 0 Å². The SMILES string of the molecule is Nc1cccc(N2C(=O)c3ccc(I)cc3C2=O)c1. The second-order valence-corrected chi connectivity index (χ2v) is 5.48. The first-order valence-corrected chi connectivity index (χ1v) is 6.69. The lowest BCUT2D eigenvalue weighted by Crippen LogP contribution is -2.29. The molecule has 2 aromatic carbocycles. The summed E-state index contributed by atoms with van der Waals surface area (Å²) in [6.07, 6.45) is 0. The van der Waals surface area contributed by atoms with Gasteiger partial charge in [-0.2, -0.15) is 0 Å². The number of halogens is 1. The highest BCUT2D eigenvalue weighted by Crippen LogP contribution is 2.30. The maximum atomic E-state index is 12.3. The van der Waals surface area contributed by atoms with Crippen molar-refractivity contribution in [3.8, 4) is 0 Å². The molecular formula is C14H9IN2O2. The van der Waals surface area contributed by atoms with Crippen molar-refractivity contribution in [2.45, 2.75) is 0 Å². The number of benzene rings is 2. The van der Waals surface area contributed by atoms with Crippen LogP contribution in [0.1, 0.15) is 20.7 Å². The van der Waals surface area contributed by atoms with Gasteiger partial charge >= 0.3 is 0 Å². The number of carbonyl (C=O) groups excluding carboxylic acids is 2. The fourth-order valence-electron chi connectivity index (χ4n) is 2.11. The zero-order valence-electron chi connectivity index (χ0n) is 9.76. The maximum Gasteiger partial charge on any atom is 0.266 e. The first-order chi connectivity index (χ1) is 9.08. The van der Waals surface area contributed by atoms with E-state index in [1.54, 1.807) is 36.4 Å². The lowest BCUT2D eigenvalue weighted by atomic mass is 10.1. The molecule has 2 amide bonds. The monoisotopic (exact) mass is 364 g/mol. The van der Waals surface area contributed by atoms with Crippen LogP contribution in [0.25, 0.3) is 0 Å². The summed E-state index contributed by atoms with van der Waals surface area (Å²) in [5, 5.41) is 0. The lowest BCUT2D eigenvalue weighted by Gasteiger charge is -2.14. The number of hydrogen-bond acceptors (Lipinski definition) is 3. The number of imide groups is 1. The molecule has 0 bridgehead atoms. The van der Waals surface area contributed by atoms with E-state index < -0.39 is 0 Å². The first kappa shape index (κ1) is 12.2. The van der Waals surface area contributed by atoms with E-state index in [0.29, 0.717) is 22.5 Å². The molecule has 2 aromatic rings. The summed E-state index contributed by atoms with van der Waals surface area (Å²) in [6.45, 7) is 0. The summed E-state index contributed by atoms with van der Waals surface area (Å²) in [6, 6.07) is 12.0. The summed E-state index contributed by atoms with van der Waals surface area (Å²) in [5.41, 5.74) is 7.60. The van der Waals surface area contributed by atoms with E-state index in [1.807, 2.05) is 6.07 Å². The van der Waals surface area contributed by atoms with Gasteiger partial charge in [-0.25, -0.2) is 4.90 Å². The number of amides is 2. The predicted molar refractivity (Wildman–Crippen MR) is 81.2 cm³/mol. The Morgan fingerprint density at radius 3 is 2.42 bits per heavy atom. The minimum atomic E-state index is -0.304. The quantitative estimate of drug-likeness (QED) is 0.481. The summed E-state index contributed by atoms with van der Waals surface area (Å²) >= 11 is 2.12. The second-order valence-electron chi connectivity index (χ2n) is 4.23. The van der Waals surface area contributed by atoms with Gasteiger partial charge in [-0.05, 0) is 59.0 Å². The number of nitrogens with zero attached hydrogens (tertiary/aromatic N) is 1. The normalized spacial score (nSPS) is 13.8. The van der Waals surface area contributed by atoms with Gasteiger partial charge in [0.2, 0.25) is 0 Å². The number of nitrogen functional groups attached to an aromatic ring is 1. The van der Waals surface area contributed by atoms with E-state index in [4.69, 9.17) is 5.73 Å². The Balaban J connectivity index is 2.13. The number of hydrogen-bond donors (Lipinski definition) is 1. The topological polar surface area (TPSA) is 63.4 Å². The standard InChI is InChI=1S/C14H9IN2O2/c15-8-4-5-11-12(6-8)14(19)17(13(11)18)10-3-1-2-9(16)7-10/h1-7H,16H2. The van der Waals surface area contributed by atoms with E-state index in [0.717, 1.165) is 8.47 Å². The molecule has 1 heterocycles. The third-order valence-electron chi connectivity index (χ3n) is 2.98. The van der Waals surface area contributed by atoms with Gasteiger partial charge < -0.3 is 5.73 Å². The molecule has 0 spiro atoms. The molecule has 0 radical (unpaired) electrons. The zero-order valence-corrected chi connectivity index (χ0v) is 11.9. The van der Waals surface area contributed by atoms with Crippen molar-refractivity contribution in [2.75, 3.05) is 10.6 Å². The van der Waals surface area contributed by atoms with Crippen LogP contribution in [-0.4, -0.2) is 11.8 Å². The first-order valence-electron chi connectivity index (χ1n) is 5.62. The van der Waals surface area contributed by atoms with Gasteiger partial charge in [0.25, 0.3) is 11.8 Å². The summed E-state index contributed by atoms with van der Waals surface area (Å²) in [4.78, 5) is 25.8. The molecule has 0 aromatic heterocycles. The number of anilines is 2. The van der Waals surface area contributed by atoms with Crippen molar-refractivity contribution >= 4 is 45.8 Å². The molecule has 4 nitrogen and oxygen atoms in total. The van der Waals surface area contributed by atoms with Gasteiger partial charge in [0.1, 0.15) is 0 Å². The van der Waals surface area contributed by atoms with Crippen LogP contribution in [-0.2, 0) is 0 Å². The van der Waals surface area contributed by atoms with Crippen molar-refractivity contribution in [3.05, 3.63) is 57.2 Å². The molecule has 2 N–H and O–H groups in total. The Morgan fingerprint density at radius 1 is 0.947 bits per heavy atom. The number of fused-ring (bicyclic) bond motifs is 1. The predicted octanol–water partition coefficient (Wildman–Crippen LogP) is 2.67. The molecule has 0 aliphatic carbocycles. The van der Waals surface area contributed by atoms with Gasteiger partial charge in [-0.3, -0.25) is 9.59 Å². The van der Waals surface area contributed by atoms with Crippen molar-refractivity contribution in [1.82, 2.24) is 0 Å². The minimum Gasteiger partial charge on any atom is -0.399 e. The summed E-state index contributed by atoms with van der Waals surface area (Å²) in [7, 11) is 0. The van der Waals surface area contributed by atoms with Crippen LogP contribution in [0.3, 0.4) is 0 Å². The van der Waals surface area contributed by atoms with E-state index >= 15 is 0 Å². The van der Waals surface area contributed by atoms with Gasteiger partial charge in [0.05, 0.1) is 16.8 Å². The molecule has 0 unspecified atom stereocenters. The van der Waals surface area contributed by atoms with Crippen LogP contribution in [0.5, 0.6) is 0 Å². The number of carbonyl (C=O) groups is 2. The summed E-state index contributed by atoms with van der Waals surface area (Å²) < 4.78 is 0.923. The van der Waals surface area contributed by atoms with Crippen LogP contribution in [0.4, 0.5) is 11.4 Å². The Morgan fingerprint density at radius 2 is 1.68 bits per heavy atom. The Kier molecular flexibility index (Phi) is 2.78. The Labute approximate surface area is 123 Å². The van der Waals surface area contributed by atoms with E-state index in [1.165, 1.54) is 0 Å². The Bertz CT molecular complexity index is 712. The van der Waals surface area contributed by atoms with E-state index in [-0.39, 0.29) is 11.8 Å². The summed E-state index contributed by atoms with van der Waals surface area (Å²) in [5.74, 6) is -0.605. The van der Waals surface area contributed by atoms with Gasteiger partial charge in [0, 0.05) is 9.26 Å². The molecule has 5 heteroatoms. The maximum absolute atomic E-state index is 12.3. The third-order valence-corrected chi connectivity index (χ3v) is 3.65. The number of nitrogens with two attached hydrogens (primary N) is 1. The highest BCUT2D eigenvalue weighted by Gasteiger charge is 2.36.